The molecular formula is C19H21N5O3S. The van der Waals surface area contributed by atoms with Crippen LogP contribution in [0, 0.1) is 0 Å². The third kappa shape index (κ3) is 3.99. The quantitative estimate of drug-likeness (QED) is 0.640. The van der Waals surface area contributed by atoms with Crippen LogP contribution in [0.5, 0.6) is 11.5 Å². The molecule has 3 aromatic rings. The second kappa shape index (κ2) is 7.97. The molecule has 1 amide bonds. The molecule has 28 heavy (non-hydrogen) atoms. The standard InChI is InChI=1S/C19H21N5O3S/c1-23-7-3-4-14(23)11-17-21-22-19(24(17)2)28-12-18(25)20-13-5-6-15-16(10-13)27-9-8-26-15/h3-7,10H,8-9,11-12H2,1-2H3,(H,20,25). The van der Waals surface area contributed by atoms with E-state index in [0.717, 1.165) is 11.5 Å². The highest BCUT2D eigenvalue weighted by molar-refractivity contribution is 7.99. The van der Waals surface area contributed by atoms with Gasteiger partial charge in [-0.05, 0) is 24.3 Å². The van der Waals surface area contributed by atoms with Gasteiger partial charge in [-0.3, -0.25) is 4.79 Å². The number of aromatic nitrogens is 4. The molecular weight excluding hydrogens is 378 g/mol. The van der Waals surface area contributed by atoms with Crippen LogP contribution in [0.1, 0.15) is 11.5 Å². The summed E-state index contributed by atoms with van der Waals surface area (Å²) >= 11 is 1.36. The molecule has 0 radical (unpaired) electrons. The largest absolute Gasteiger partial charge is 0.486 e. The molecule has 146 valence electrons. The Morgan fingerprint density at radius 1 is 1.18 bits per heavy atom. The van der Waals surface area contributed by atoms with Gasteiger partial charge < -0.3 is 23.9 Å². The van der Waals surface area contributed by atoms with Gasteiger partial charge in [-0.1, -0.05) is 11.8 Å². The fraction of sp³-hybridized carbons (Fsp3) is 0.316. The maximum absolute atomic E-state index is 12.3. The van der Waals surface area contributed by atoms with Crippen LogP contribution in [0.2, 0.25) is 0 Å². The van der Waals surface area contributed by atoms with Gasteiger partial charge in [0.25, 0.3) is 0 Å². The van der Waals surface area contributed by atoms with Crippen molar-refractivity contribution in [1.82, 2.24) is 19.3 Å². The van der Waals surface area contributed by atoms with Crippen molar-refractivity contribution in [1.29, 1.82) is 0 Å². The van der Waals surface area contributed by atoms with Crippen molar-refractivity contribution in [3.63, 3.8) is 0 Å². The van der Waals surface area contributed by atoms with Crippen LogP contribution >= 0.6 is 11.8 Å². The molecule has 9 heteroatoms. The fourth-order valence-corrected chi connectivity index (χ4v) is 3.65. The van der Waals surface area contributed by atoms with Gasteiger partial charge in [0.1, 0.15) is 19.0 Å². The number of hydrogen-bond donors (Lipinski definition) is 1. The molecule has 4 rings (SSSR count). The molecule has 1 aromatic carbocycles. The molecule has 0 atom stereocenters. The zero-order valence-electron chi connectivity index (χ0n) is 15.7. The van der Waals surface area contributed by atoms with Crippen LogP contribution in [-0.4, -0.2) is 44.2 Å². The van der Waals surface area contributed by atoms with Crippen molar-refractivity contribution in [2.45, 2.75) is 11.6 Å². The first kappa shape index (κ1) is 18.4. The van der Waals surface area contributed by atoms with Gasteiger partial charge in [0, 0.05) is 44.2 Å². The van der Waals surface area contributed by atoms with Gasteiger partial charge in [0.15, 0.2) is 16.7 Å². The molecule has 1 aliphatic rings. The van der Waals surface area contributed by atoms with E-state index in [-0.39, 0.29) is 11.7 Å². The number of carbonyl (C=O) groups excluding carboxylic acids is 1. The third-order valence-corrected chi connectivity index (χ3v) is 5.49. The van der Waals surface area contributed by atoms with Crippen molar-refractivity contribution in [3.8, 4) is 11.5 Å². The Morgan fingerprint density at radius 3 is 2.79 bits per heavy atom. The van der Waals surface area contributed by atoms with E-state index >= 15 is 0 Å². The van der Waals surface area contributed by atoms with Crippen molar-refractivity contribution in [2.24, 2.45) is 14.1 Å². The molecule has 0 bridgehead atoms. The summed E-state index contributed by atoms with van der Waals surface area (Å²) in [7, 11) is 3.92. The van der Waals surface area contributed by atoms with Crippen molar-refractivity contribution in [2.75, 3.05) is 24.3 Å². The second-order valence-corrected chi connectivity index (χ2v) is 7.38. The summed E-state index contributed by atoms with van der Waals surface area (Å²) in [6.07, 6.45) is 2.69. The van der Waals surface area contributed by atoms with Crippen molar-refractivity contribution in [3.05, 3.63) is 48.0 Å². The minimum absolute atomic E-state index is 0.117. The Balaban J connectivity index is 1.34. The predicted octanol–water partition coefficient (Wildman–Crippen LogP) is 2.25. The number of hydrogen-bond acceptors (Lipinski definition) is 6. The summed E-state index contributed by atoms with van der Waals surface area (Å²) in [6.45, 7) is 1.05. The first-order valence-electron chi connectivity index (χ1n) is 8.91. The fourth-order valence-electron chi connectivity index (χ4n) is 2.92. The van der Waals surface area contributed by atoms with Crippen LogP contribution in [0.25, 0.3) is 0 Å². The first-order valence-corrected chi connectivity index (χ1v) is 9.89. The van der Waals surface area contributed by atoms with E-state index in [1.165, 1.54) is 11.8 Å². The van der Waals surface area contributed by atoms with Gasteiger partial charge in [-0.15, -0.1) is 10.2 Å². The van der Waals surface area contributed by atoms with E-state index in [1.807, 2.05) is 30.9 Å². The van der Waals surface area contributed by atoms with Gasteiger partial charge in [0.2, 0.25) is 5.91 Å². The normalized spacial score (nSPS) is 12.8. The van der Waals surface area contributed by atoms with Crippen molar-refractivity contribution >= 4 is 23.4 Å². The number of anilines is 1. The van der Waals surface area contributed by atoms with Gasteiger partial charge >= 0.3 is 0 Å². The van der Waals surface area contributed by atoms with Gasteiger partial charge in [0.05, 0.1) is 5.75 Å². The van der Waals surface area contributed by atoms with Gasteiger partial charge in [-0.2, -0.15) is 0 Å². The van der Waals surface area contributed by atoms with Crippen LogP contribution < -0.4 is 14.8 Å². The first-order chi connectivity index (χ1) is 13.6. The van der Waals surface area contributed by atoms with Crippen LogP contribution in [-0.2, 0) is 25.3 Å². The van der Waals surface area contributed by atoms with E-state index in [4.69, 9.17) is 9.47 Å². The van der Waals surface area contributed by atoms with E-state index in [1.54, 1.807) is 18.2 Å². The highest BCUT2D eigenvalue weighted by atomic mass is 32.2. The van der Waals surface area contributed by atoms with Gasteiger partial charge in [-0.25, -0.2) is 0 Å². The summed E-state index contributed by atoms with van der Waals surface area (Å²) in [4.78, 5) is 12.3. The van der Waals surface area contributed by atoms with Crippen molar-refractivity contribution < 1.29 is 14.3 Å². The Kier molecular flexibility index (Phi) is 5.25. The lowest BCUT2D eigenvalue weighted by Gasteiger charge is -2.18. The molecule has 8 nitrogen and oxygen atoms in total. The Morgan fingerprint density at radius 2 is 2.00 bits per heavy atom. The summed E-state index contributed by atoms with van der Waals surface area (Å²) in [5.41, 5.74) is 1.83. The number of benzene rings is 1. The monoisotopic (exact) mass is 399 g/mol. The highest BCUT2D eigenvalue weighted by Gasteiger charge is 2.15. The van der Waals surface area contributed by atoms with E-state index in [9.17, 15) is 4.79 Å². The smallest absolute Gasteiger partial charge is 0.234 e. The minimum atomic E-state index is -0.117. The molecule has 1 aliphatic heterocycles. The molecule has 0 saturated carbocycles. The SMILES string of the molecule is Cn1cccc1Cc1nnc(SCC(=O)Nc2ccc3c(c2)OCCO3)n1C. The zero-order chi connectivity index (χ0) is 19.5. The van der Waals surface area contributed by atoms with Crippen LogP contribution in [0.15, 0.2) is 41.7 Å². The summed E-state index contributed by atoms with van der Waals surface area (Å²) in [5.74, 6) is 2.33. The number of carbonyl (C=O) groups is 1. The Bertz CT molecular complexity index is 997. The topological polar surface area (TPSA) is 83.2 Å². The molecule has 3 heterocycles. The number of ether oxygens (including phenoxy) is 2. The number of amides is 1. The minimum Gasteiger partial charge on any atom is -0.486 e. The van der Waals surface area contributed by atoms with Crippen LogP contribution in [0.3, 0.4) is 0 Å². The number of thioether (sulfide) groups is 1. The highest BCUT2D eigenvalue weighted by Crippen LogP contribution is 2.32. The van der Waals surface area contributed by atoms with Crippen LogP contribution in [0.4, 0.5) is 5.69 Å². The molecule has 1 N–H and O–H groups in total. The number of fused-ring (bicyclic) bond motifs is 1. The average molecular weight is 399 g/mol. The molecule has 0 saturated heterocycles. The summed E-state index contributed by atoms with van der Waals surface area (Å²) in [5, 5.41) is 12.1. The number of nitrogens with zero attached hydrogens (tertiary/aromatic N) is 4. The number of rotatable bonds is 6. The number of nitrogens with one attached hydrogen (secondary N) is 1. The molecule has 2 aromatic heterocycles. The third-order valence-electron chi connectivity index (χ3n) is 4.47. The lowest BCUT2D eigenvalue weighted by molar-refractivity contribution is -0.113. The lowest BCUT2D eigenvalue weighted by atomic mass is 10.2. The Hall–Kier alpha value is -2.94. The Labute approximate surface area is 166 Å². The second-order valence-electron chi connectivity index (χ2n) is 6.44. The predicted molar refractivity (Wildman–Crippen MR) is 106 cm³/mol. The summed E-state index contributed by atoms with van der Waals surface area (Å²) < 4.78 is 15.0. The molecule has 0 fully saturated rings. The zero-order valence-corrected chi connectivity index (χ0v) is 16.5. The molecule has 0 spiro atoms. The average Bonchev–Trinajstić information content (AvgIpc) is 3.26. The number of aryl methyl sites for hydroxylation is 1. The maximum Gasteiger partial charge on any atom is 0.234 e. The summed E-state index contributed by atoms with van der Waals surface area (Å²) in [6, 6.07) is 9.44. The molecule has 0 aliphatic carbocycles. The molecule has 0 unspecified atom stereocenters. The maximum atomic E-state index is 12.3. The van der Waals surface area contributed by atoms with E-state index < -0.39 is 0 Å². The lowest BCUT2D eigenvalue weighted by Crippen LogP contribution is -2.17. The van der Waals surface area contributed by atoms with E-state index in [2.05, 4.69) is 26.1 Å². The van der Waals surface area contributed by atoms with E-state index in [0.29, 0.717) is 42.0 Å².